The van der Waals surface area contributed by atoms with E-state index in [1.54, 1.807) is 6.20 Å². The smallest absolute Gasteiger partial charge is 0.227 e. The highest BCUT2D eigenvalue weighted by Crippen LogP contribution is 2.37. The Balaban J connectivity index is 1.57. The number of nitrogens with zero attached hydrogens (tertiary/aromatic N) is 2. The molecule has 0 radical (unpaired) electrons. The molecule has 1 atom stereocenters. The largest absolute Gasteiger partial charge is 0.356 e. The van der Waals surface area contributed by atoms with Gasteiger partial charge >= 0.3 is 0 Å². The summed E-state index contributed by atoms with van der Waals surface area (Å²) in [4.78, 5) is 23.6. The number of aromatic amines is 1. The Hall–Kier alpha value is -3.40. The van der Waals surface area contributed by atoms with Crippen molar-refractivity contribution in [3.63, 3.8) is 0 Å². The average Bonchev–Trinajstić information content (AvgIpc) is 3.12. The number of aromatic nitrogens is 2. The second-order valence-electron chi connectivity index (χ2n) is 7.72. The molecule has 0 saturated carbocycles. The number of carbonyl (C=O) groups excluding carboxylic acids is 1. The van der Waals surface area contributed by atoms with Gasteiger partial charge < -0.3 is 9.88 Å². The second-order valence-corrected chi connectivity index (χ2v) is 7.72. The number of carbonyl (C=O) groups is 1. The van der Waals surface area contributed by atoms with Crippen molar-refractivity contribution in [3.8, 4) is 0 Å². The molecule has 1 amide bonds. The molecule has 1 aliphatic rings. The molecular formula is C25H23N3O. The predicted octanol–water partition coefficient (Wildman–Crippen LogP) is 4.59. The fourth-order valence-corrected chi connectivity index (χ4v) is 4.45. The summed E-state index contributed by atoms with van der Waals surface area (Å²) in [5, 5.41) is 1.24. The molecule has 0 spiro atoms. The molecule has 3 heterocycles. The van der Waals surface area contributed by atoms with Crippen molar-refractivity contribution in [2.45, 2.75) is 25.8 Å². The Morgan fingerprint density at radius 1 is 1.10 bits per heavy atom. The Morgan fingerprint density at radius 3 is 2.79 bits per heavy atom. The van der Waals surface area contributed by atoms with E-state index in [9.17, 15) is 4.79 Å². The first-order valence-corrected chi connectivity index (χ1v) is 10.1. The SMILES string of the molecule is Cc1cccc(CC(=O)N2CCc3c([nH]c4ccccc34)C2c2ccccn2)c1. The molecule has 0 fully saturated rings. The van der Waals surface area contributed by atoms with Gasteiger partial charge in [0.1, 0.15) is 6.04 Å². The number of benzene rings is 2. The molecule has 0 aliphatic carbocycles. The number of rotatable bonds is 3. The summed E-state index contributed by atoms with van der Waals surface area (Å²) < 4.78 is 0. The maximum absolute atomic E-state index is 13.4. The van der Waals surface area contributed by atoms with Crippen LogP contribution in [-0.4, -0.2) is 27.3 Å². The van der Waals surface area contributed by atoms with Gasteiger partial charge in [-0.15, -0.1) is 0 Å². The molecule has 4 nitrogen and oxygen atoms in total. The van der Waals surface area contributed by atoms with E-state index in [2.05, 4.69) is 47.2 Å². The summed E-state index contributed by atoms with van der Waals surface area (Å²) in [5.74, 6) is 0.135. The summed E-state index contributed by atoms with van der Waals surface area (Å²) in [5.41, 5.74) is 6.64. The van der Waals surface area contributed by atoms with Gasteiger partial charge in [0.15, 0.2) is 0 Å². The molecule has 5 rings (SSSR count). The summed E-state index contributed by atoms with van der Waals surface area (Å²) in [7, 11) is 0. The van der Waals surface area contributed by atoms with Gasteiger partial charge in [-0.25, -0.2) is 0 Å². The van der Waals surface area contributed by atoms with Crippen LogP contribution in [0.1, 0.15) is 34.1 Å². The first kappa shape index (κ1) is 17.7. The molecule has 1 N–H and O–H groups in total. The molecule has 1 unspecified atom stereocenters. The first-order valence-electron chi connectivity index (χ1n) is 10.1. The van der Waals surface area contributed by atoms with Gasteiger partial charge in [-0.3, -0.25) is 9.78 Å². The van der Waals surface area contributed by atoms with Crippen molar-refractivity contribution in [2.75, 3.05) is 6.54 Å². The predicted molar refractivity (Wildman–Crippen MR) is 115 cm³/mol. The molecule has 2 aromatic heterocycles. The molecule has 0 saturated heterocycles. The highest BCUT2D eigenvalue weighted by Gasteiger charge is 2.35. The third-order valence-corrected chi connectivity index (χ3v) is 5.76. The van der Waals surface area contributed by atoms with E-state index in [1.807, 2.05) is 41.3 Å². The van der Waals surface area contributed by atoms with E-state index in [-0.39, 0.29) is 11.9 Å². The molecule has 4 heteroatoms. The van der Waals surface area contributed by atoms with Crippen molar-refractivity contribution in [2.24, 2.45) is 0 Å². The van der Waals surface area contributed by atoms with E-state index in [1.165, 1.54) is 16.5 Å². The van der Waals surface area contributed by atoms with Gasteiger partial charge in [0, 0.05) is 29.3 Å². The lowest BCUT2D eigenvalue weighted by molar-refractivity contribution is -0.132. The highest BCUT2D eigenvalue weighted by atomic mass is 16.2. The van der Waals surface area contributed by atoms with Gasteiger partial charge in [0.05, 0.1) is 12.1 Å². The summed E-state index contributed by atoms with van der Waals surface area (Å²) in [6.45, 7) is 2.75. The lowest BCUT2D eigenvalue weighted by atomic mass is 9.94. The van der Waals surface area contributed by atoms with Gasteiger partial charge in [0.2, 0.25) is 5.91 Å². The minimum absolute atomic E-state index is 0.135. The number of amides is 1. The van der Waals surface area contributed by atoms with Crippen molar-refractivity contribution in [3.05, 3.63) is 101 Å². The van der Waals surface area contributed by atoms with E-state index < -0.39 is 0 Å². The maximum atomic E-state index is 13.4. The second kappa shape index (κ2) is 7.21. The molecule has 0 bridgehead atoms. The fraction of sp³-hybridized carbons (Fsp3) is 0.200. The van der Waals surface area contributed by atoms with Gasteiger partial charge in [-0.05, 0) is 42.7 Å². The number of fused-ring (bicyclic) bond motifs is 3. The van der Waals surface area contributed by atoms with Crippen LogP contribution in [0.4, 0.5) is 0 Å². The number of pyridine rings is 1. The van der Waals surface area contributed by atoms with Gasteiger partial charge in [0.25, 0.3) is 0 Å². The Bertz CT molecular complexity index is 1180. The van der Waals surface area contributed by atoms with Crippen LogP contribution >= 0.6 is 0 Å². The summed E-state index contributed by atoms with van der Waals surface area (Å²) >= 11 is 0. The quantitative estimate of drug-likeness (QED) is 0.564. The van der Waals surface area contributed by atoms with Crippen LogP contribution in [0.5, 0.6) is 0 Å². The number of aryl methyl sites for hydroxylation is 1. The van der Waals surface area contributed by atoms with E-state index >= 15 is 0 Å². The van der Waals surface area contributed by atoms with Gasteiger partial charge in [-0.1, -0.05) is 54.1 Å². The fourth-order valence-electron chi connectivity index (χ4n) is 4.45. The topological polar surface area (TPSA) is 49.0 Å². The van der Waals surface area contributed by atoms with Crippen molar-refractivity contribution in [1.29, 1.82) is 0 Å². The van der Waals surface area contributed by atoms with Crippen LogP contribution in [-0.2, 0) is 17.6 Å². The van der Waals surface area contributed by atoms with Crippen molar-refractivity contribution >= 4 is 16.8 Å². The van der Waals surface area contributed by atoms with E-state index in [0.29, 0.717) is 13.0 Å². The van der Waals surface area contributed by atoms with Crippen molar-refractivity contribution in [1.82, 2.24) is 14.9 Å². The first-order chi connectivity index (χ1) is 14.2. The Labute approximate surface area is 170 Å². The number of H-pyrrole nitrogens is 1. The van der Waals surface area contributed by atoms with Crippen molar-refractivity contribution < 1.29 is 4.79 Å². The highest BCUT2D eigenvalue weighted by molar-refractivity contribution is 5.87. The lowest BCUT2D eigenvalue weighted by Gasteiger charge is -2.35. The number of hydrogen-bond acceptors (Lipinski definition) is 2. The molecular weight excluding hydrogens is 358 g/mol. The van der Waals surface area contributed by atoms with Crippen LogP contribution in [0.3, 0.4) is 0 Å². The normalized spacial score (nSPS) is 16.0. The molecule has 2 aromatic carbocycles. The lowest BCUT2D eigenvalue weighted by Crippen LogP contribution is -2.41. The van der Waals surface area contributed by atoms with Crippen LogP contribution in [0, 0.1) is 6.92 Å². The molecule has 29 heavy (non-hydrogen) atoms. The molecule has 144 valence electrons. The van der Waals surface area contributed by atoms with Crippen LogP contribution in [0.15, 0.2) is 72.9 Å². The van der Waals surface area contributed by atoms with E-state index in [0.717, 1.165) is 28.9 Å². The van der Waals surface area contributed by atoms with Crippen LogP contribution < -0.4 is 0 Å². The minimum atomic E-state index is -0.190. The number of para-hydroxylation sites is 1. The molecule has 1 aliphatic heterocycles. The van der Waals surface area contributed by atoms with Crippen LogP contribution in [0.2, 0.25) is 0 Å². The average molecular weight is 381 g/mol. The summed E-state index contributed by atoms with van der Waals surface area (Å²) in [6, 6.07) is 22.3. The van der Waals surface area contributed by atoms with Gasteiger partial charge in [-0.2, -0.15) is 0 Å². The number of nitrogens with one attached hydrogen (secondary N) is 1. The summed E-state index contributed by atoms with van der Waals surface area (Å²) in [6.07, 6.45) is 3.05. The third-order valence-electron chi connectivity index (χ3n) is 5.76. The Morgan fingerprint density at radius 2 is 1.97 bits per heavy atom. The zero-order valence-electron chi connectivity index (χ0n) is 16.4. The monoisotopic (exact) mass is 381 g/mol. The maximum Gasteiger partial charge on any atom is 0.227 e. The van der Waals surface area contributed by atoms with Crippen LogP contribution in [0.25, 0.3) is 10.9 Å². The standard InChI is InChI=1S/C25H23N3O/c1-17-7-6-8-18(15-17)16-23(29)28-14-12-20-19-9-2-3-10-21(19)27-24(20)25(28)22-11-4-5-13-26-22/h2-11,13,15,25,27H,12,14,16H2,1H3. The molecule has 4 aromatic rings. The zero-order chi connectivity index (χ0) is 19.8. The third kappa shape index (κ3) is 3.21. The minimum Gasteiger partial charge on any atom is -0.356 e. The zero-order valence-corrected chi connectivity index (χ0v) is 16.4. The van der Waals surface area contributed by atoms with E-state index in [4.69, 9.17) is 0 Å². The number of hydrogen-bond donors (Lipinski definition) is 1. The Kier molecular flexibility index (Phi) is 4.39.